The lowest BCUT2D eigenvalue weighted by Gasteiger charge is -2.11. The number of rotatable bonds is 8. The second-order valence-electron chi connectivity index (χ2n) is 4.44. The van der Waals surface area contributed by atoms with Gasteiger partial charge < -0.3 is 14.9 Å². The molecule has 1 atom stereocenters. The number of aliphatic hydroxyl groups is 1. The molecule has 18 heavy (non-hydrogen) atoms. The maximum absolute atomic E-state index is 10.7. The topological polar surface area (TPSA) is 66.8 Å². The monoisotopic (exact) mass is 252 g/mol. The molecule has 0 spiro atoms. The lowest BCUT2D eigenvalue weighted by Crippen LogP contribution is -2.05. The molecule has 0 aliphatic heterocycles. The zero-order valence-electron chi connectivity index (χ0n) is 10.6. The van der Waals surface area contributed by atoms with E-state index in [4.69, 9.17) is 14.9 Å². The van der Waals surface area contributed by atoms with Gasteiger partial charge in [-0.2, -0.15) is 0 Å². The first-order valence-electron chi connectivity index (χ1n) is 6.20. The molecule has 0 saturated heterocycles. The van der Waals surface area contributed by atoms with Crippen LogP contribution in [0.1, 0.15) is 36.5 Å². The fourth-order valence-electron chi connectivity index (χ4n) is 1.66. The molecule has 0 heterocycles. The number of hydrogen-bond donors (Lipinski definition) is 2. The molecule has 100 valence electrons. The van der Waals surface area contributed by atoms with Gasteiger partial charge in [-0.1, -0.05) is 6.92 Å². The van der Waals surface area contributed by atoms with Crippen LogP contribution in [-0.4, -0.2) is 29.4 Å². The van der Waals surface area contributed by atoms with E-state index in [0.29, 0.717) is 18.3 Å². The second-order valence-corrected chi connectivity index (χ2v) is 4.44. The van der Waals surface area contributed by atoms with E-state index in [2.05, 4.69) is 6.92 Å². The molecule has 2 N–H and O–H groups in total. The lowest BCUT2D eigenvalue weighted by atomic mass is 10.0. The summed E-state index contributed by atoms with van der Waals surface area (Å²) in [5.41, 5.74) is 0.263. The number of aromatic carboxylic acids is 1. The second kappa shape index (κ2) is 7.71. The Morgan fingerprint density at radius 1 is 1.28 bits per heavy atom. The standard InChI is InChI=1S/C14H20O4/c1-11(3-2-9-15)8-10-18-13-6-4-12(5-7-13)14(16)17/h4-7,11,15H,2-3,8-10H2,1H3,(H,16,17)/t11-/m0/s1. The number of carbonyl (C=O) groups is 1. The van der Waals surface area contributed by atoms with E-state index in [1.54, 1.807) is 12.1 Å². The number of aliphatic hydroxyl groups excluding tert-OH is 1. The van der Waals surface area contributed by atoms with Crippen molar-refractivity contribution in [2.75, 3.05) is 13.2 Å². The third-order valence-corrected chi connectivity index (χ3v) is 2.84. The minimum Gasteiger partial charge on any atom is -0.494 e. The van der Waals surface area contributed by atoms with Crippen LogP contribution in [0.3, 0.4) is 0 Å². The summed E-state index contributed by atoms with van der Waals surface area (Å²) < 4.78 is 5.54. The van der Waals surface area contributed by atoms with Crippen LogP contribution in [0.25, 0.3) is 0 Å². The van der Waals surface area contributed by atoms with Gasteiger partial charge in [-0.3, -0.25) is 0 Å². The molecule has 0 amide bonds. The molecule has 0 saturated carbocycles. The lowest BCUT2D eigenvalue weighted by molar-refractivity contribution is 0.0697. The Kier molecular flexibility index (Phi) is 6.22. The molecule has 4 nitrogen and oxygen atoms in total. The van der Waals surface area contributed by atoms with Gasteiger partial charge in [0.05, 0.1) is 12.2 Å². The van der Waals surface area contributed by atoms with E-state index in [-0.39, 0.29) is 12.2 Å². The van der Waals surface area contributed by atoms with Crippen molar-refractivity contribution < 1.29 is 19.7 Å². The maximum atomic E-state index is 10.7. The van der Waals surface area contributed by atoms with Crippen LogP contribution in [-0.2, 0) is 0 Å². The van der Waals surface area contributed by atoms with Gasteiger partial charge >= 0.3 is 5.97 Å². The van der Waals surface area contributed by atoms with E-state index in [9.17, 15) is 4.79 Å². The van der Waals surface area contributed by atoms with E-state index in [1.807, 2.05) is 0 Å². The van der Waals surface area contributed by atoms with Crippen molar-refractivity contribution in [2.45, 2.75) is 26.2 Å². The average molecular weight is 252 g/mol. The maximum Gasteiger partial charge on any atom is 0.335 e. The molecule has 0 aromatic heterocycles. The van der Waals surface area contributed by atoms with Crippen molar-refractivity contribution in [3.63, 3.8) is 0 Å². The Morgan fingerprint density at radius 3 is 2.50 bits per heavy atom. The summed E-state index contributed by atoms with van der Waals surface area (Å²) in [4.78, 5) is 10.7. The van der Waals surface area contributed by atoms with Gasteiger partial charge in [0.25, 0.3) is 0 Å². The van der Waals surface area contributed by atoms with Gasteiger partial charge in [0.2, 0.25) is 0 Å². The van der Waals surface area contributed by atoms with Crippen molar-refractivity contribution in [3.05, 3.63) is 29.8 Å². The van der Waals surface area contributed by atoms with Crippen molar-refractivity contribution in [1.82, 2.24) is 0 Å². The molecule has 0 bridgehead atoms. The summed E-state index contributed by atoms with van der Waals surface area (Å²) in [7, 11) is 0. The number of carboxylic acids is 1. The van der Waals surface area contributed by atoms with Gasteiger partial charge in [-0.25, -0.2) is 4.79 Å². The molecule has 1 rings (SSSR count). The molecule has 0 aliphatic rings. The number of carboxylic acid groups (broad SMARTS) is 1. The average Bonchev–Trinajstić information content (AvgIpc) is 2.37. The fraction of sp³-hybridized carbons (Fsp3) is 0.500. The number of hydrogen-bond acceptors (Lipinski definition) is 3. The minimum atomic E-state index is -0.931. The largest absolute Gasteiger partial charge is 0.494 e. The van der Waals surface area contributed by atoms with Gasteiger partial charge in [0, 0.05) is 6.61 Å². The zero-order valence-corrected chi connectivity index (χ0v) is 10.6. The quantitative estimate of drug-likeness (QED) is 0.746. The first-order chi connectivity index (χ1) is 8.63. The van der Waals surface area contributed by atoms with Crippen LogP contribution in [0, 0.1) is 5.92 Å². The van der Waals surface area contributed by atoms with Gasteiger partial charge in [0.1, 0.15) is 5.75 Å². The molecule has 0 aliphatic carbocycles. The Morgan fingerprint density at radius 2 is 1.94 bits per heavy atom. The molecule has 1 aromatic rings. The van der Waals surface area contributed by atoms with Gasteiger partial charge in [-0.05, 0) is 49.4 Å². The zero-order chi connectivity index (χ0) is 13.4. The van der Waals surface area contributed by atoms with Crippen LogP contribution in [0.4, 0.5) is 0 Å². The highest BCUT2D eigenvalue weighted by atomic mass is 16.5. The molecular formula is C14H20O4. The highest BCUT2D eigenvalue weighted by molar-refractivity contribution is 5.87. The SMILES string of the molecule is C[C@@H](CCCO)CCOc1ccc(C(=O)O)cc1. The predicted molar refractivity (Wildman–Crippen MR) is 69.0 cm³/mol. The summed E-state index contributed by atoms with van der Waals surface area (Å²) in [5.74, 6) is 0.281. The molecule has 1 aromatic carbocycles. The highest BCUT2D eigenvalue weighted by Crippen LogP contribution is 2.15. The van der Waals surface area contributed by atoms with E-state index in [1.165, 1.54) is 12.1 Å². The normalized spacial score (nSPS) is 12.1. The van der Waals surface area contributed by atoms with Crippen molar-refractivity contribution in [2.24, 2.45) is 5.92 Å². The van der Waals surface area contributed by atoms with Crippen molar-refractivity contribution in [1.29, 1.82) is 0 Å². The first kappa shape index (κ1) is 14.5. The summed E-state index contributed by atoms with van der Waals surface area (Å²) in [6.45, 7) is 2.98. The molecule has 0 radical (unpaired) electrons. The summed E-state index contributed by atoms with van der Waals surface area (Å²) in [6.07, 6.45) is 2.76. The third-order valence-electron chi connectivity index (χ3n) is 2.84. The predicted octanol–water partition coefficient (Wildman–Crippen LogP) is 2.56. The van der Waals surface area contributed by atoms with Crippen LogP contribution < -0.4 is 4.74 Å². The van der Waals surface area contributed by atoms with Crippen LogP contribution >= 0.6 is 0 Å². The summed E-state index contributed by atoms with van der Waals surface area (Å²) >= 11 is 0. The Balaban J connectivity index is 2.29. The first-order valence-corrected chi connectivity index (χ1v) is 6.20. The minimum absolute atomic E-state index is 0.238. The molecule has 4 heteroatoms. The Bertz CT molecular complexity index is 359. The van der Waals surface area contributed by atoms with Gasteiger partial charge in [-0.15, -0.1) is 0 Å². The summed E-state index contributed by atoms with van der Waals surface area (Å²) in [5, 5.41) is 17.5. The van der Waals surface area contributed by atoms with E-state index in [0.717, 1.165) is 19.3 Å². The van der Waals surface area contributed by atoms with E-state index >= 15 is 0 Å². The van der Waals surface area contributed by atoms with Crippen LogP contribution in [0.5, 0.6) is 5.75 Å². The highest BCUT2D eigenvalue weighted by Gasteiger charge is 2.04. The third kappa shape index (κ3) is 5.19. The van der Waals surface area contributed by atoms with E-state index < -0.39 is 5.97 Å². The van der Waals surface area contributed by atoms with Crippen molar-refractivity contribution in [3.8, 4) is 5.75 Å². The number of benzene rings is 1. The Hall–Kier alpha value is -1.55. The fourth-order valence-corrected chi connectivity index (χ4v) is 1.66. The molecular weight excluding hydrogens is 232 g/mol. The molecule has 0 fully saturated rings. The summed E-state index contributed by atoms with van der Waals surface area (Å²) in [6, 6.07) is 6.41. The van der Waals surface area contributed by atoms with Crippen LogP contribution in [0.15, 0.2) is 24.3 Å². The van der Waals surface area contributed by atoms with Crippen molar-refractivity contribution >= 4 is 5.97 Å². The Labute approximate surface area is 107 Å². The molecule has 0 unspecified atom stereocenters. The van der Waals surface area contributed by atoms with Crippen LogP contribution in [0.2, 0.25) is 0 Å². The number of ether oxygens (including phenoxy) is 1. The van der Waals surface area contributed by atoms with Gasteiger partial charge in [0.15, 0.2) is 0 Å². The smallest absolute Gasteiger partial charge is 0.335 e.